The Kier molecular flexibility index (Phi) is 3.89. The maximum Gasteiger partial charge on any atom is 0.332 e. The van der Waals surface area contributed by atoms with E-state index in [1.54, 1.807) is 26.8 Å². The van der Waals surface area contributed by atoms with E-state index in [0.717, 1.165) is 0 Å². The summed E-state index contributed by atoms with van der Waals surface area (Å²) in [5.74, 6) is -3.71. The Morgan fingerprint density at radius 2 is 1.91 bits per heavy atom. The van der Waals surface area contributed by atoms with Crippen molar-refractivity contribution < 1.29 is 29.3 Å². The van der Waals surface area contributed by atoms with Crippen molar-refractivity contribution in [1.29, 1.82) is 0 Å². The third-order valence-electron chi connectivity index (χ3n) is 4.12. The Hall–Kier alpha value is -2.11. The van der Waals surface area contributed by atoms with Crippen LogP contribution in [0.4, 0.5) is 0 Å². The van der Waals surface area contributed by atoms with Crippen molar-refractivity contribution in [3.8, 4) is 0 Å². The van der Waals surface area contributed by atoms with Gasteiger partial charge in [-0.2, -0.15) is 0 Å². The van der Waals surface area contributed by atoms with Crippen LogP contribution in [0.2, 0.25) is 0 Å². The molecule has 0 spiro atoms. The number of hydrogen-bond donors (Lipinski definition) is 2. The molecular formula is C16H20O6. The van der Waals surface area contributed by atoms with Crippen LogP contribution in [0.15, 0.2) is 23.8 Å². The zero-order valence-electron chi connectivity index (χ0n) is 12.8. The van der Waals surface area contributed by atoms with Crippen LogP contribution < -0.4 is 0 Å². The number of carboxylic acid groups (broad SMARTS) is 2. The van der Waals surface area contributed by atoms with Crippen LogP contribution in [0.5, 0.6) is 0 Å². The number of allylic oxidation sites excluding steroid dienone is 2. The third-order valence-corrected chi connectivity index (χ3v) is 4.12. The van der Waals surface area contributed by atoms with Gasteiger partial charge in [0.05, 0.1) is 11.5 Å². The lowest BCUT2D eigenvalue weighted by atomic mass is 9.71. The minimum absolute atomic E-state index is 0.0778. The van der Waals surface area contributed by atoms with Crippen molar-refractivity contribution in [2.45, 2.75) is 39.2 Å². The number of ether oxygens (including phenoxy) is 1. The first-order chi connectivity index (χ1) is 10.0. The molecule has 6 nitrogen and oxygen atoms in total. The van der Waals surface area contributed by atoms with E-state index < -0.39 is 34.8 Å². The molecule has 2 bridgehead atoms. The Labute approximate surface area is 128 Å². The average molecular weight is 308 g/mol. The summed E-state index contributed by atoms with van der Waals surface area (Å²) in [6.45, 7) is 5.23. The van der Waals surface area contributed by atoms with Gasteiger partial charge < -0.3 is 14.9 Å². The van der Waals surface area contributed by atoms with Crippen LogP contribution in [0.3, 0.4) is 0 Å². The average Bonchev–Trinajstić information content (AvgIpc) is 2.91. The second kappa shape index (κ2) is 5.26. The summed E-state index contributed by atoms with van der Waals surface area (Å²) < 4.78 is 5.39. The normalized spacial score (nSPS) is 30.4. The van der Waals surface area contributed by atoms with Crippen molar-refractivity contribution in [3.05, 3.63) is 23.8 Å². The molecule has 1 saturated carbocycles. The van der Waals surface area contributed by atoms with E-state index in [0.29, 0.717) is 18.9 Å². The van der Waals surface area contributed by atoms with E-state index in [4.69, 9.17) is 9.84 Å². The van der Waals surface area contributed by atoms with E-state index in [2.05, 4.69) is 0 Å². The van der Waals surface area contributed by atoms with Gasteiger partial charge in [-0.1, -0.05) is 12.2 Å². The van der Waals surface area contributed by atoms with Crippen molar-refractivity contribution in [1.82, 2.24) is 0 Å². The summed E-state index contributed by atoms with van der Waals surface area (Å²) in [5, 5.41) is 18.4. The highest BCUT2D eigenvalue weighted by Gasteiger charge is 2.56. The molecule has 2 aliphatic rings. The number of rotatable bonds is 4. The molecule has 0 radical (unpaired) electrons. The zero-order chi connectivity index (χ0) is 16.7. The first kappa shape index (κ1) is 16.3. The molecule has 0 aromatic rings. The Morgan fingerprint density at radius 3 is 2.36 bits per heavy atom. The molecule has 2 N–H and O–H groups in total. The smallest absolute Gasteiger partial charge is 0.332 e. The van der Waals surface area contributed by atoms with Gasteiger partial charge in [0, 0.05) is 11.5 Å². The molecule has 2 aliphatic carbocycles. The van der Waals surface area contributed by atoms with Crippen LogP contribution in [-0.2, 0) is 19.1 Å². The Balaban J connectivity index is 2.41. The molecular weight excluding hydrogens is 288 g/mol. The minimum Gasteiger partial charge on any atom is -0.478 e. The SMILES string of the molecule is CC(C)(C)OC(=O)C1CC2C=CC1(C(=CC(=O)O)C(=O)O)C2. The van der Waals surface area contributed by atoms with Gasteiger partial charge in [0.1, 0.15) is 5.60 Å². The molecule has 2 rings (SSSR count). The largest absolute Gasteiger partial charge is 0.478 e. The molecule has 120 valence electrons. The molecule has 0 aromatic carbocycles. The van der Waals surface area contributed by atoms with Gasteiger partial charge in [-0.15, -0.1) is 0 Å². The summed E-state index contributed by atoms with van der Waals surface area (Å²) in [4.78, 5) is 35.0. The van der Waals surface area contributed by atoms with Gasteiger partial charge >= 0.3 is 17.9 Å². The number of esters is 1. The van der Waals surface area contributed by atoms with Crippen LogP contribution in [-0.4, -0.2) is 33.7 Å². The predicted molar refractivity (Wildman–Crippen MR) is 77.0 cm³/mol. The number of hydrogen-bond acceptors (Lipinski definition) is 4. The van der Waals surface area contributed by atoms with Crippen LogP contribution in [0.25, 0.3) is 0 Å². The highest BCUT2D eigenvalue weighted by molar-refractivity contribution is 5.97. The van der Waals surface area contributed by atoms with E-state index >= 15 is 0 Å². The molecule has 3 unspecified atom stereocenters. The zero-order valence-corrected chi connectivity index (χ0v) is 12.8. The van der Waals surface area contributed by atoms with E-state index in [1.807, 2.05) is 6.08 Å². The molecule has 0 aliphatic heterocycles. The number of carbonyl (C=O) groups excluding carboxylic acids is 1. The number of fused-ring (bicyclic) bond motifs is 2. The Morgan fingerprint density at radius 1 is 1.27 bits per heavy atom. The van der Waals surface area contributed by atoms with Gasteiger partial charge in [0.15, 0.2) is 0 Å². The predicted octanol–water partition coefficient (Wildman–Crippen LogP) is 2.01. The number of carboxylic acids is 2. The fourth-order valence-electron chi connectivity index (χ4n) is 3.40. The van der Waals surface area contributed by atoms with Crippen LogP contribution >= 0.6 is 0 Å². The lowest BCUT2D eigenvalue weighted by molar-refractivity contribution is -0.162. The molecule has 0 amide bonds. The maximum atomic E-state index is 12.4. The summed E-state index contributed by atoms with van der Waals surface area (Å²) in [6.07, 6.45) is 5.13. The quantitative estimate of drug-likeness (QED) is 0.468. The lowest BCUT2D eigenvalue weighted by Crippen LogP contribution is -2.38. The van der Waals surface area contributed by atoms with Gasteiger partial charge in [0.2, 0.25) is 0 Å². The Bertz CT molecular complexity index is 580. The maximum absolute atomic E-state index is 12.4. The van der Waals surface area contributed by atoms with Crippen molar-refractivity contribution in [2.24, 2.45) is 17.3 Å². The number of carbonyl (C=O) groups is 3. The topological polar surface area (TPSA) is 101 Å². The van der Waals surface area contributed by atoms with Gasteiger partial charge in [0.25, 0.3) is 0 Å². The molecule has 6 heteroatoms. The monoisotopic (exact) mass is 308 g/mol. The first-order valence-electron chi connectivity index (χ1n) is 7.16. The van der Waals surface area contributed by atoms with Crippen LogP contribution in [0.1, 0.15) is 33.6 Å². The summed E-state index contributed by atoms with van der Waals surface area (Å²) >= 11 is 0. The highest BCUT2D eigenvalue weighted by atomic mass is 16.6. The molecule has 0 heterocycles. The van der Waals surface area contributed by atoms with Gasteiger partial charge in [-0.05, 0) is 39.5 Å². The van der Waals surface area contributed by atoms with Crippen molar-refractivity contribution in [3.63, 3.8) is 0 Å². The second-order valence-electron chi connectivity index (χ2n) is 6.89. The lowest BCUT2D eigenvalue weighted by Gasteiger charge is -2.33. The highest BCUT2D eigenvalue weighted by Crippen LogP contribution is 2.57. The molecule has 1 fully saturated rings. The summed E-state index contributed by atoms with van der Waals surface area (Å²) in [6, 6.07) is 0. The summed E-state index contributed by atoms with van der Waals surface area (Å²) in [7, 11) is 0. The third kappa shape index (κ3) is 2.91. The summed E-state index contributed by atoms with van der Waals surface area (Å²) in [5.41, 5.74) is -2.02. The first-order valence-corrected chi connectivity index (χ1v) is 7.16. The fourth-order valence-corrected chi connectivity index (χ4v) is 3.40. The fraction of sp³-hybridized carbons (Fsp3) is 0.562. The number of aliphatic carboxylic acids is 2. The molecule has 22 heavy (non-hydrogen) atoms. The van der Waals surface area contributed by atoms with Crippen LogP contribution in [0, 0.1) is 17.3 Å². The van der Waals surface area contributed by atoms with Crippen molar-refractivity contribution in [2.75, 3.05) is 0 Å². The molecule has 3 atom stereocenters. The second-order valence-corrected chi connectivity index (χ2v) is 6.89. The standard InChI is InChI=1S/C16H20O6/c1-15(2,3)22-14(21)11-6-9-4-5-16(11,8-9)10(13(19)20)7-12(17)18/h4-5,7,9,11H,6,8H2,1-3H3,(H,17,18)(H,19,20). The van der Waals surface area contributed by atoms with Crippen molar-refractivity contribution >= 4 is 17.9 Å². The van der Waals surface area contributed by atoms with E-state index in [1.165, 1.54) is 0 Å². The van der Waals surface area contributed by atoms with Gasteiger partial charge in [-0.3, -0.25) is 4.79 Å². The van der Waals surface area contributed by atoms with E-state index in [9.17, 15) is 19.5 Å². The van der Waals surface area contributed by atoms with Gasteiger partial charge in [-0.25, -0.2) is 9.59 Å². The molecule has 0 aromatic heterocycles. The molecule has 0 saturated heterocycles. The minimum atomic E-state index is -1.33. The van der Waals surface area contributed by atoms with E-state index in [-0.39, 0.29) is 11.5 Å².